The van der Waals surface area contributed by atoms with Crippen LogP contribution in [0.1, 0.15) is 0 Å². The molecule has 1 aromatic carbocycles. The summed E-state index contributed by atoms with van der Waals surface area (Å²) in [6.07, 6.45) is 2.38. The molecule has 0 aliphatic heterocycles. The molecule has 0 aliphatic rings. The molecular formula is C12H12N2O2. The molecule has 1 aromatic rings. The molecule has 2 amide bonds. The van der Waals surface area contributed by atoms with E-state index in [9.17, 15) is 9.59 Å². The lowest BCUT2D eigenvalue weighted by Crippen LogP contribution is -2.09. The molecule has 16 heavy (non-hydrogen) atoms. The summed E-state index contributed by atoms with van der Waals surface area (Å²) < 4.78 is 0. The van der Waals surface area contributed by atoms with E-state index in [0.717, 1.165) is 0 Å². The molecule has 0 aromatic heterocycles. The van der Waals surface area contributed by atoms with Crippen molar-refractivity contribution in [3.63, 3.8) is 0 Å². The highest BCUT2D eigenvalue weighted by molar-refractivity contribution is 6.00. The van der Waals surface area contributed by atoms with Crippen LogP contribution in [0.4, 0.5) is 11.4 Å². The fourth-order valence-electron chi connectivity index (χ4n) is 1.02. The Morgan fingerprint density at radius 1 is 0.875 bits per heavy atom. The minimum atomic E-state index is -0.275. The first kappa shape index (κ1) is 11.7. The van der Waals surface area contributed by atoms with Crippen molar-refractivity contribution in [2.75, 3.05) is 10.6 Å². The molecule has 0 aliphatic carbocycles. The number of hydrogen-bond donors (Lipinski definition) is 2. The SMILES string of the molecule is C=CC(=O)Nc1ccc(NC(=O)C=C)cc1. The van der Waals surface area contributed by atoms with Gasteiger partial charge in [-0.05, 0) is 36.4 Å². The fourth-order valence-corrected chi connectivity index (χ4v) is 1.02. The summed E-state index contributed by atoms with van der Waals surface area (Å²) in [6, 6.07) is 6.72. The number of hydrogen-bond acceptors (Lipinski definition) is 2. The van der Waals surface area contributed by atoms with Gasteiger partial charge in [0.2, 0.25) is 11.8 Å². The Labute approximate surface area is 93.7 Å². The van der Waals surface area contributed by atoms with Gasteiger partial charge in [0.1, 0.15) is 0 Å². The normalized spacial score (nSPS) is 9.00. The second-order valence-corrected chi connectivity index (χ2v) is 2.96. The minimum absolute atomic E-state index is 0.275. The molecule has 0 radical (unpaired) electrons. The average Bonchev–Trinajstić information content (AvgIpc) is 2.31. The first-order valence-corrected chi connectivity index (χ1v) is 4.62. The third-order valence-corrected chi connectivity index (χ3v) is 1.79. The van der Waals surface area contributed by atoms with Crippen LogP contribution in [0.2, 0.25) is 0 Å². The molecule has 4 heteroatoms. The summed E-state index contributed by atoms with van der Waals surface area (Å²) in [5.41, 5.74) is 1.28. The number of amides is 2. The molecule has 0 unspecified atom stereocenters. The highest BCUT2D eigenvalue weighted by Gasteiger charge is 1.99. The Bertz CT molecular complexity index is 380. The first-order chi connectivity index (χ1) is 7.65. The topological polar surface area (TPSA) is 58.2 Å². The van der Waals surface area contributed by atoms with Crippen molar-refractivity contribution in [3.05, 3.63) is 49.6 Å². The van der Waals surface area contributed by atoms with E-state index in [-0.39, 0.29) is 11.8 Å². The number of carbonyl (C=O) groups excluding carboxylic acids is 2. The van der Waals surface area contributed by atoms with Gasteiger partial charge in [-0.25, -0.2) is 0 Å². The smallest absolute Gasteiger partial charge is 0.247 e. The zero-order valence-corrected chi connectivity index (χ0v) is 8.69. The van der Waals surface area contributed by atoms with Gasteiger partial charge in [0, 0.05) is 11.4 Å². The second kappa shape index (κ2) is 5.50. The van der Waals surface area contributed by atoms with Crippen LogP contribution in [0.15, 0.2) is 49.6 Å². The van der Waals surface area contributed by atoms with Crippen LogP contribution in [-0.2, 0) is 9.59 Å². The summed E-state index contributed by atoms with van der Waals surface area (Å²) in [7, 11) is 0. The fraction of sp³-hybridized carbons (Fsp3) is 0. The maximum Gasteiger partial charge on any atom is 0.247 e. The van der Waals surface area contributed by atoms with Crippen molar-refractivity contribution in [1.29, 1.82) is 0 Å². The van der Waals surface area contributed by atoms with Crippen molar-refractivity contribution >= 4 is 23.2 Å². The van der Waals surface area contributed by atoms with Crippen molar-refractivity contribution in [3.8, 4) is 0 Å². The second-order valence-electron chi connectivity index (χ2n) is 2.96. The lowest BCUT2D eigenvalue weighted by atomic mass is 10.2. The van der Waals surface area contributed by atoms with E-state index in [1.54, 1.807) is 24.3 Å². The Morgan fingerprint density at radius 2 is 1.19 bits per heavy atom. The molecule has 0 spiro atoms. The Morgan fingerprint density at radius 3 is 1.44 bits per heavy atom. The van der Waals surface area contributed by atoms with Gasteiger partial charge >= 0.3 is 0 Å². The van der Waals surface area contributed by atoms with Gasteiger partial charge < -0.3 is 10.6 Å². The molecule has 0 bridgehead atoms. The van der Waals surface area contributed by atoms with Crippen LogP contribution in [0.5, 0.6) is 0 Å². The van der Waals surface area contributed by atoms with E-state index >= 15 is 0 Å². The van der Waals surface area contributed by atoms with E-state index in [1.165, 1.54) is 12.2 Å². The van der Waals surface area contributed by atoms with E-state index < -0.39 is 0 Å². The monoisotopic (exact) mass is 216 g/mol. The van der Waals surface area contributed by atoms with E-state index in [2.05, 4.69) is 23.8 Å². The summed E-state index contributed by atoms with van der Waals surface area (Å²) in [5, 5.41) is 5.19. The Kier molecular flexibility index (Phi) is 4.03. The summed E-state index contributed by atoms with van der Waals surface area (Å²) in [5.74, 6) is -0.550. The molecule has 2 N–H and O–H groups in total. The number of benzene rings is 1. The molecule has 0 saturated carbocycles. The van der Waals surface area contributed by atoms with Crippen LogP contribution >= 0.6 is 0 Å². The van der Waals surface area contributed by atoms with Crippen LogP contribution < -0.4 is 10.6 Å². The maximum absolute atomic E-state index is 11.0. The third kappa shape index (κ3) is 3.42. The van der Waals surface area contributed by atoms with Crippen LogP contribution in [-0.4, -0.2) is 11.8 Å². The maximum atomic E-state index is 11.0. The lowest BCUT2D eigenvalue weighted by molar-refractivity contribution is -0.112. The van der Waals surface area contributed by atoms with Crippen LogP contribution in [0.25, 0.3) is 0 Å². The van der Waals surface area contributed by atoms with Crippen molar-refractivity contribution in [2.45, 2.75) is 0 Å². The molecule has 4 nitrogen and oxygen atoms in total. The highest BCUT2D eigenvalue weighted by atomic mass is 16.2. The largest absolute Gasteiger partial charge is 0.323 e. The summed E-state index contributed by atoms with van der Waals surface area (Å²) >= 11 is 0. The molecule has 0 fully saturated rings. The van der Waals surface area contributed by atoms with Gasteiger partial charge in [-0.3, -0.25) is 9.59 Å². The number of carbonyl (C=O) groups is 2. The predicted molar refractivity (Wildman–Crippen MR) is 64.1 cm³/mol. The van der Waals surface area contributed by atoms with Crippen molar-refractivity contribution in [2.24, 2.45) is 0 Å². The zero-order chi connectivity index (χ0) is 12.0. The average molecular weight is 216 g/mol. The number of rotatable bonds is 4. The molecule has 0 heterocycles. The first-order valence-electron chi connectivity index (χ1n) is 4.62. The van der Waals surface area contributed by atoms with Crippen molar-refractivity contribution in [1.82, 2.24) is 0 Å². The van der Waals surface area contributed by atoms with Gasteiger partial charge in [-0.2, -0.15) is 0 Å². The molecular weight excluding hydrogens is 204 g/mol. The summed E-state index contributed by atoms with van der Waals surface area (Å²) in [6.45, 7) is 6.69. The zero-order valence-electron chi connectivity index (χ0n) is 8.69. The Balaban J connectivity index is 2.67. The van der Waals surface area contributed by atoms with Gasteiger partial charge in [0.25, 0.3) is 0 Å². The quantitative estimate of drug-likeness (QED) is 0.755. The molecule has 1 rings (SSSR count). The van der Waals surface area contributed by atoms with Crippen LogP contribution in [0, 0.1) is 0 Å². The predicted octanol–water partition coefficient (Wildman–Crippen LogP) is 1.94. The van der Waals surface area contributed by atoms with Gasteiger partial charge in [-0.1, -0.05) is 13.2 Å². The minimum Gasteiger partial charge on any atom is -0.323 e. The molecule has 82 valence electrons. The van der Waals surface area contributed by atoms with E-state index in [0.29, 0.717) is 11.4 Å². The number of nitrogens with one attached hydrogen (secondary N) is 2. The highest BCUT2D eigenvalue weighted by Crippen LogP contribution is 2.13. The van der Waals surface area contributed by atoms with Gasteiger partial charge in [0.05, 0.1) is 0 Å². The van der Waals surface area contributed by atoms with Crippen LogP contribution in [0.3, 0.4) is 0 Å². The van der Waals surface area contributed by atoms with E-state index in [4.69, 9.17) is 0 Å². The summed E-state index contributed by atoms with van der Waals surface area (Å²) in [4.78, 5) is 22.0. The molecule has 0 saturated heterocycles. The van der Waals surface area contributed by atoms with Crippen molar-refractivity contribution < 1.29 is 9.59 Å². The third-order valence-electron chi connectivity index (χ3n) is 1.79. The molecule has 0 atom stereocenters. The van der Waals surface area contributed by atoms with E-state index in [1.807, 2.05) is 0 Å². The van der Waals surface area contributed by atoms with Gasteiger partial charge in [-0.15, -0.1) is 0 Å². The van der Waals surface area contributed by atoms with Gasteiger partial charge in [0.15, 0.2) is 0 Å². The Hall–Kier alpha value is -2.36. The number of anilines is 2. The lowest BCUT2D eigenvalue weighted by Gasteiger charge is -2.04. The standard InChI is InChI=1S/C12H12N2O2/c1-3-11(15)13-9-5-7-10(8-6-9)14-12(16)4-2/h3-8H,1-2H2,(H,13,15)(H,14,16).